The maximum Gasteiger partial charge on any atom is 0.494 e. The molecule has 1 saturated carbocycles. The van der Waals surface area contributed by atoms with Gasteiger partial charge in [-0.05, 0) is 64.6 Å². The number of benzene rings is 1. The van der Waals surface area contributed by atoms with E-state index < -0.39 is 23.9 Å². The topological polar surface area (TPSA) is 50.7 Å². The first-order valence-electron chi connectivity index (χ1n) is 8.23. The molecule has 4 nitrogen and oxygen atoms in total. The Morgan fingerprint density at radius 2 is 1.78 bits per heavy atom. The largest absolute Gasteiger partial charge is 0.494 e. The molecule has 1 aromatic carbocycles. The molecule has 3 rings (SSSR count). The molecule has 0 aromatic heterocycles. The highest BCUT2D eigenvalue weighted by molar-refractivity contribution is 6.62. The average molecular weight is 321 g/mol. The van der Waals surface area contributed by atoms with Crippen LogP contribution in [0, 0.1) is 5.82 Å². The molecule has 1 saturated heterocycles. The van der Waals surface area contributed by atoms with Crippen LogP contribution in [0.25, 0.3) is 0 Å². The summed E-state index contributed by atoms with van der Waals surface area (Å²) in [6.45, 7) is 8.26. The van der Waals surface area contributed by atoms with E-state index in [0.717, 1.165) is 19.3 Å². The first-order chi connectivity index (χ1) is 10.6. The minimum Gasteiger partial charge on any atom is -0.399 e. The molecule has 6 heteroatoms. The molecule has 126 valence electrons. The third kappa shape index (κ3) is 3.12. The van der Waals surface area contributed by atoms with E-state index in [4.69, 9.17) is 9.31 Å². The van der Waals surface area contributed by atoms with E-state index in [1.807, 2.05) is 27.7 Å². The van der Waals surface area contributed by atoms with Crippen LogP contribution in [0.3, 0.4) is 0 Å². The van der Waals surface area contributed by atoms with Gasteiger partial charge in [-0.3, -0.25) is 0 Å². The van der Waals surface area contributed by atoms with E-state index >= 15 is 0 Å². The maximum absolute atomic E-state index is 14.3. The fourth-order valence-corrected chi connectivity index (χ4v) is 2.82. The predicted molar refractivity (Wildman–Crippen MR) is 89.4 cm³/mol. The molecule has 2 aliphatic rings. The number of halogens is 1. The molecular weight excluding hydrogens is 296 g/mol. The quantitative estimate of drug-likeness (QED) is 0.837. The number of rotatable bonds is 4. The second kappa shape index (κ2) is 5.47. The minimum absolute atomic E-state index is 0.361. The number of aliphatic hydroxyl groups is 1. The monoisotopic (exact) mass is 321 g/mol. The normalized spacial score (nSPS) is 24.3. The van der Waals surface area contributed by atoms with Crippen LogP contribution in [0.2, 0.25) is 0 Å². The van der Waals surface area contributed by atoms with Gasteiger partial charge in [-0.1, -0.05) is 6.07 Å². The molecule has 1 aliphatic heterocycles. The maximum atomic E-state index is 14.3. The van der Waals surface area contributed by atoms with Gasteiger partial charge in [0.15, 0.2) is 0 Å². The Bertz CT molecular complexity index is 586. The zero-order valence-electron chi connectivity index (χ0n) is 14.3. The van der Waals surface area contributed by atoms with Crippen LogP contribution in [-0.2, 0) is 9.31 Å². The summed E-state index contributed by atoms with van der Waals surface area (Å²) >= 11 is 0. The van der Waals surface area contributed by atoms with Gasteiger partial charge in [0.1, 0.15) is 5.82 Å². The highest BCUT2D eigenvalue weighted by Crippen LogP contribution is 2.36. The number of hydrogen-bond acceptors (Lipinski definition) is 4. The fourth-order valence-electron chi connectivity index (χ4n) is 2.82. The Hall–Kier alpha value is -1.11. The van der Waals surface area contributed by atoms with Gasteiger partial charge in [-0.2, -0.15) is 0 Å². The Morgan fingerprint density at radius 1 is 1.17 bits per heavy atom. The third-order valence-corrected chi connectivity index (χ3v) is 5.41. The van der Waals surface area contributed by atoms with E-state index in [2.05, 4.69) is 5.32 Å². The highest BCUT2D eigenvalue weighted by Gasteiger charge is 2.51. The Balaban J connectivity index is 1.70. The summed E-state index contributed by atoms with van der Waals surface area (Å²) in [7, 11) is -0.570. The smallest absolute Gasteiger partial charge is 0.399 e. The van der Waals surface area contributed by atoms with Crippen molar-refractivity contribution in [2.45, 2.75) is 63.8 Å². The van der Waals surface area contributed by atoms with Crippen LogP contribution in [0.1, 0.15) is 47.0 Å². The molecule has 0 radical (unpaired) electrons. The van der Waals surface area contributed by atoms with Crippen LogP contribution < -0.4 is 10.8 Å². The van der Waals surface area contributed by atoms with Crippen molar-refractivity contribution < 1.29 is 18.8 Å². The second-order valence-electron chi connectivity index (χ2n) is 7.76. The summed E-state index contributed by atoms with van der Waals surface area (Å²) in [6, 6.07) is 4.92. The van der Waals surface area contributed by atoms with Gasteiger partial charge >= 0.3 is 7.12 Å². The van der Waals surface area contributed by atoms with Crippen LogP contribution in [0.5, 0.6) is 0 Å². The first kappa shape index (κ1) is 16.7. The molecular formula is C17H25BFNO3. The molecule has 0 amide bonds. The zero-order chi connectivity index (χ0) is 16.9. The molecule has 0 spiro atoms. The zero-order valence-corrected chi connectivity index (χ0v) is 14.3. The first-order valence-corrected chi connectivity index (χ1v) is 8.23. The molecule has 1 aliphatic carbocycles. The van der Waals surface area contributed by atoms with E-state index in [-0.39, 0.29) is 5.82 Å². The summed E-state index contributed by atoms with van der Waals surface area (Å²) in [4.78, 5) is 0. The van der Waals surface area contributed by atoms with Crippen molar-refractivity contribution in [3.63, 3.8) is 0 Å². The van der Waals surface area contributed by atoms with Crippen molar-refractivity contribution in [2.75, 3.05) is 11.9 Å². The van der Waals surface area contributed by atoms with Crippen molar-refractivity contribution in [2.24, 2.45) is 0 Å². The summed E-state index contributed by atoms with van der Waals surface area (Å²) in [5.74, 6) is -0.361. The van der Waals surface area contributed by atoms with E-state index in [1.165, 1.54) is 6.07 Å². The summed E-state index contributed by atoms with van der Waals surface area (Å²) in [6.07, 6.45) is 2.57. The minimum atomic E-state index is -0.684. The second-order valence-corrected chi connectivity index (χ2v) is 7.76. The Labute approximate surface area is 137 Å². The van der Waals surface area contributed by atoms with Gasteiger partial charge in [-0.15, -0.1) is 0 Å². The number of anilines is 1. The van der Waals surface area contributed by atoms with E-state index in [9.17, 15) is 9.50 Å². The van der Waals surface area contributed by atoms with Gasteiger partial charge < -0.3 is 19.7 Å². The Kier molecular flexibility index (Phi) is 3.98. The van der Waals surface area contributed by atoms with Gasteiger partial charge in [-0.25, -0.2) is 4.39 Å². The van der Waals surface area contributed by atoms with Gasteiger partial charge in [0, 0.05) is 6.54 Å². The lowest BCUT2D eigenvalue weighted by atomic mass is 9.78. The predicted octanol–water partition coefficient (Wildman–Crippen LogP) is 2.45. The van der Waals surface area contributed by atoms with Crippen molar-refractivity contribution in [1.29, 1.82) is 0 Å². The molecule has 2 fully saturated rings. The molecule has 0 atom stereocenters. The molecule has 2 N–H and O–H groups in total. The lowest BCUT2D eigenvalue weighted by Gasteiger charge is -2.36. The van der Waals surface area contributed by atoms with Crippen molar-refractivity contribution >= 4 is 18.3 Å². The summed E-state index contributed by atoms with van der Waals surface area (Å²) in [5.41, 5.74) is -0.520. The van der Waals surface area contributed by atoms with Gasteiger partial charge in [0.25, 0.3) is 0 Å². The molecule has 0 bridgehead atoms. The van der Waals surface area contributed by atoms with E-state index in [0.29, 0.717) is 17.7 Å². The van der Waals surface area contributed by atoms with E-state index in [1.54, 1.807) is 12.1 Å². The number of nitrogens with one attached hydrogen (secondary N) is 1. The fraction of sp³-hybridized carbons (Fsp3) is 0.647. The van der Waals surface area contributed by atoms with Crippen LogP contribution in [0.4, 0.5) is 10.1 Å². The van der Waals surface area contributed by atoms with Gasteiger partial charge in [0.05, 0.1) is 22.5 Å². The Morgan fingerprint density at radius 3 is 2.26 bits per heavy atom. The molecule has 1 heterocycles. The van der Waals surface area contributed by atoms with Crippen molar-refractivity contribution in [1.82, 2.24) is 0 Å². The molecule has 0 unspecified atom stereocenters. The molecule has 23 heavy (non-hydrogen) atoms. The SMILES string of the molecule is CC1(C)OB(c2ccc(NCC3(O)CCC3)c(F)c2)OC1(C)C. The standard InChI is InChI=1S/C17H25BFNO3/c1-15(2)16(3,4)23-18(22-15)12-6-7-14(13(19)10-12)20-11-17(21)8-5-9-17/h6-7,10,20-21H,5,8-9,11H2,1-4H3. The lowest BCUT2D eigenvalue weighted by Crippen LogP contribution is -2.43. The van der Waals surface area contributed by atoms with Crippen molar-refractivity contribution in [3.05, 3.63) is 24.0 Å². The van der Waals surface area contributed by atoms with Crippen molar-refractivity contribution in [3.8, 4) is 0 Å². The van der Waals surface area contributed by atoms with Crippen LogP contribution in [0.15, 0.2) is 18.2 Å². The average Bonchev–Trinajstić information content (AvgIpc) is 2.64. The molecule has 1 aromatic rings. The summed E-state index contributed by atoms with van der Waals surface area (Å²) in [5, 5.41) is 13.1. The van der Waals surface area contributed by atoms with Gasteiger partial charge in [0.2, 0.25) is 0 Å². The third-order valence-electron chi connectivity index (χ3n) is 5.41. The summed E-state index contributed by atoms with van der Waals surface area (Å²) < 4.78 is 26.2. The van der Waals surface area contributed by atoms with Crippen LogP contribution in [-0.4, -0.2) is 35.6 Å². The lowest BCUT2D eigenvalue weighted by molar-refractivity contribution is -0.0202. The number of hydrogen-bond donors (Lipinski definition) is 2. The highest BCUT2D eigenvalue weighted by atomic mass is 19.1. The van der Waals surface area contributed by atoms with Crippen LogP contribution >= 0.6 is 0 Å².